The molecule has 0 amide bonds. The Morgan fingerprint density at radius 1 is 1.53 bits per heavy atom. The van der Waals surface area contributed by atoms with E-state index in [1.165, 1.54) is 13.0 Å². The average molecular weight is 275 g/mol. The zero-order valence-electron chi connectivity index (χ0n) is 11.0. The number of nitrogens with one attached hydrogen (secondary N) is 1. The fraction of sp³-hybridized carbons (Fsp3) is 0.545. The first-order valence-corrected chi connectivity index (χ1v) is 5.73. The van der Waals surface area contributed by atoms with Crippen LogP contribution in [0, 0.1) is 0 Å². The Hall–Kier alpha value is -0.890. The molecule has 1 aliphatic heterocycles. The summed E-state index contributed by atoms with van der Waals surface area (Å²) in [7, 11) is 0. The number of aliphatic carboxylic acids is 1. The van der Waals surface area contributed by atoms with Crippen LogP contribution >= 0.6 is 0 Å². The molecular formula is C11H14N3NaO4. The third-order valence-corrected chi connectivity index (χ3v) is 2.85. The fourth-order valence-corrected chi connectivity index (χ4v) is 1.73. The standard InChI is InChI=1S/C11H15N3O4.Na/c1-7(11(16)17)10-12-8(6-9(15)13-10)14-2-4-18-5-3-14;/h6-7H,2-5H2,1H3,(H,16,17)(H,12,13,15);/q;+1/p-1. The number of H-pyrrole nitrogens is 1. The predicted molar refractivity (Wildman–Crippen MR) is 61.3 cm³/mol. The molecule has 1 aromatic heterocycles. The number of hydrogen-bond donors (Lipinski definition) is 1. The van der Waals surface area contributed by atoms with Gasteiger partial charge in [0.2, 0.25) is 0 Å². The Labute approximate surface area is 132 Å². The van der Waals surface area contributed by atoms with Gasteiger partial charge >= 0.3 is 29.6 Å². The van der Waals surface area contributed by atoms with Crippen LogP contribution in [0.3, 0.4) is 0 Å². The van der Waals surface area contributed by atoms with Gasteiger partial charge in [-0.25, -0.2) is 4.98 Å². The number of ether oxygens (including phenoxy) is 1. The molecule has 7 nitrogen and oxygen atoms in total. The fourth-order valence-electron chi connectivity index (χ4n) is 1.73. The molecule has 1 aliphatic rings. The molecule has 0 saturated carbocycles. The Kier molecular flexibility index (Phi) is 5.99. The Bertz CT molecular complexity index is 499. The Balaban J connectivity index is 0.00000180. The maximum absolute atomic E-state index is 11.5. The number of morpholine rings is 1. The summed E-state index contributed by atoms with van der Waals surface area (Å²) in [5.74, 6) is -1.62. The van der Waals surface area contributed by atoms with Gasteiger partial charge in [-0.1, -0.05) is 6.92 Å². The first-order valence-electron chi connectivity index (χ1n) is 5.73. The van der Waals surface area contributed by atoms with Crippen molar-refractivity contribution < 1.29 is 44.2 Å². The minimum atomic E-state index is -1.27. The van der Waals surface area contributed by atoms with E-state index in [1.54, 1.807) is 0 Å². The molecule has 1 N–H and O–H groups in total. The monoisotopic (exact) mass is 275 g/mol. The van der Waals surface area contributed by atoms with Gasteiger partial charge in [-0.15, -0.1) is 0 Å². The molecule has 1 aromatic rings. The van der Waals surface area contributed by atoms with E-state index < -0.39 is 11.9 Å². The first kappa shape index (κ1) is 16.2. The smallest absolute Gasteiger partial charge is 0.549 e. The van der Waals surface area contributed by atoms with Crippen LogP contribution in [-0.2, 0) is 9.53 Å². The van der Waals surface area contributed by atoms with E-state index in [2.05, 4.69) is 9.97 Å². The Morgan fingerprint density at radius 2 is 2.16 bits per heavy atom. The van der Waals surface area contributed by atoms with Gasteiger partial charge in [-0.05, 0) is 0 Å². The molecule has 19 heavy (non-hydrogen) atoms. The van der Waals surface area contributed by atoms with Gasteiger partial charge in [0.1, 0.15) is 11.6 Å². The van der Waals surface area contributed by atoms with Crippen LogP contribution in [0.25, 0.3) is 0 Å². The summed E-state index contributed by atoms with van der Waals surface area (Å²) in [6.07, 6.45) is 0. The van der Waals surface area contributed by atoms with Crippen LogP contribution in [-0.4, -0.2) is 42.2 Å². The average Bonchev–Trinajstić information content (AvgIpc) is 2.38. The zero-order valence-corrected chi connectivity index (χ0v) is 13.0. The summed E-state index contributed by atoms with van der Waals surface area (Å²) in [6, 6.07) is 1.36. The van der Waals surface area contributed by atoms with Gasteiger partial charge in [-0.3, -0.25) is 4.79 Å². The zero-order chi connectivity index (χ0) is 13.1. The third kappa shape index (κ3) is 4.04. The number of nitrogens with zero attached hydrogens (tertiary/aromatic N) is 2. The van der Waals surface area contributed by atoms with Crippen molar-refractivity contribution in [3.05, 3.63) is 22.2 Å². The van der Waals surface area contributed by atoms with Crippen molar-refractivity contribution in [1.82, 2.24) is 9.97 Å². The summed E-state index contributed by atoms with van der Waals surface area (Å²) < 4.78 is 5.21. The van der Waals surface area contributed by atoms with Crippen molar-refractivity contribution in [2.45, 2.75) is 12.8 Å². The largest absolute Gasteiger partial charge is 1.00 e. The molecule has 1 atom stereocenters. The molecule has 1 unspecified atom stereocenters. The van der Waals surface area contributed by atoms with Gasteiger partial charge < -0.3 is 24.5 Å². The van der Waals surface area contributed by atoms with Crippen molar-refractivity contribution in [2.75, 3.05) is 31.2 Å². The molecule has 2 rings (SSSR count). The van der Waals surface area contributed by atoms with E-state index >= 15 is 0 Å². The topological polar surface area (TPSA) is 98.3 Å². The van der Waals surface area contributed by atoms with Gasteiger partial charge in [0.25, 0.3) is 5.56 Å². The maximum Gasteiger partial charge on any atom is 1.00 e. The summed E-state index contributed by atoms with van der Waals surface area (Å²) in [5, 5.41) is 10.8. The molecule has 8 heteroatoms. The number of aromatic nitrogens is 2. The molecule has 1 saturated heterocycles. The van der Waals surface area contributed by atoms with Crippen molar-refractivity contribution in [1.29, 1.82) is 0 Å². The molecule has 2 heterocycles. The number of anilines is 1. The van der Waals surface area contributed by atoms with E-state index in [0.717, 1.165) is 0 Å². The van der Waals surface area contributed by atoms with E-state index in [1.807, 2.05) is 4.90 Å². The molecule has 0 bridgehead atoms. The quantitative estimate of drug-likeness (QED) is 0.558. The number of carbonyl (C=O) groups excluding carboxylic acids is 1. The van der Waals surface area contributed by atoms with Crippen molar-refractivity contribution in [3.8, 4) is 0 Å². The van der Waals surface area contributed by atoms with E-state index in [9.17, 15) is 14.7 Å². The number of hydrogen-bond acceptors (Lipinski definition) is 6. The number of aromatic amines is 1. The molecular weight excluding hydrogens is 261 g/mol. The molecule has 1 fully saturated rings. The van der Waals surface area contributed by atoms with Crippen molar-refractivity contribution in [3.63, 3.8) is 0 Å². The molecule has 0 spiro atoms. The van der Waals surface area contributed by atoms with Crippen LogP contribution in [0.1, 0.15) is 18.7 Å². The van der Waals surface area contributed by atoms with Gasteiger partial charge in [0.05, 0.1) is 25.1 Å². The summed E-state index contributed by atoms with van der Waals surface area (Å²) in [5.41, 5.74) is -0.366. The minimum Gasteiger partial charge on any atom is -0.549 e. The Morgan fingerprint density at radius 3 is 2.74 bits per heavy atom. The van der Waals surface area contributed by atoms with Gasteiger partial charge in [0, 0.05) is 19.2 Å². The second-order valence-electron chi connectivity index (χ2n) is 4.13. The normalized spacial score (nSPS) is 16.6. The van der Waals surface area contributed by atoms with Crippen LogP contribution in [0.15, 0.2) is 10.9 Å². The van der Waals surface area contributed by atoms with Crippen LogP contribution in [0.4, 0.5) is 5.82 Å². The summed E-state index contributed by atoms with van der Waals surface area (Å²) >= 11 is 0. The van der Waals surface area contributed by atoms with Gasteiger partial charge in [-0.2, -0.15) is 0 Å². The second-order valence-corrected chi connectivity index (χ2v) is 4.13. The number of carbonyl (C=O) groups is 1. The third-order valence-electron chi connectivity index (χ3n) is 2.85. The number of rotatable bonds is 3. The summed E-state index contributed by atoms with van der Waals surface area (Å²) in [4.78, 5) is 30.8. The van der Waals surface area contributed by atoms with Crippen LogP contribution in [0.2, 0.25) is 0 Å². The summed E-state index contributed by atoms with van der Waals surface area (Å²) in [6.45, 7) is 3.83. The van der Waals surface area contributed by atoms with Crippen LogP contribution in [0.5, 0.6) is 0 Å². The van der Waals surface area contributed by atoms with E-state index in [4.69, 9.17) is 4.74 Å². The minimum absolute atomic E-state index is 0. The van der Waals surface area contributed by atoms with Crippen LogP contribution < -0.4 is 45.1 Å². The SMILES string of the molecule is CC(C(=O)[O-])c1nc(N2CCOCC2)cc(=O)[nH]1.[Na+]. The molecule has 98 valence electrons. The number of carboxylic acids is 1. The van der Waals surface area contributed by atoms with Crippen molar-refractivity contribution in [2.24, 2.45) is 0 Å². The second kappa shape index (κ2) is 7.04. The van der Waals surface area contributed by atoms with E-state index in [0.29, 0.717) is 32.1 Å². The van der Waals surface area contributed by atoms with Crippen molar-refractivity contribution >= 4 is 11.8 Å². The van der Waals surface area contributed by atoms with E-state index in [-0.39, 0.29) is 40.9 Å². The molecule has 0 aliphatic carbocycles. The maximum atomic E-state index is 11.5. The van der Waals surface area contributed by atoms with Gasteiger partial charge in [0.15, 0.2) is 0 Å². The predicted octanol–water partition coefficient (Wildman–Crippen LogP) is -4.54. The molecule has 0 aromatic carbocycles. The molecule has 0 radical (unpaired) electrons. The number of carboxylic acid groups (broad SMARTS) is 1. The first-order chi connectivity index (χ1) is 8.58.